The molecule has 2 aromatic rings. The maximum atomic E-state index is 14.1. The van der Waals surface area contributed by atoms with Gasteiger partial charge >= 0.3 is 20.2 Å². The predicted molar refractivity (Wildman–Crippen MR) is 120 cm³/mol. The Labute approximate surface area is 196 Å². The van der Waals surface area contributed by atoms with E-state index >= 15 is 0 Å². The van der Waals surface area contributed by atoms with Crippen LogP contribution in [-0.4, -0.2) is 46.8 Å². The van der Waals surface area contributed by atoms with Crippen molar-refractivity contribution in [1.82, 2.24) is 14.6 Å². The lowest BCUT2D eigenvalue weighted by Crippen LogP contribution is -2.43. The maximum absolute atomic E-state index is 14.1. The average molecular weight is 500 g/mol. The average Bonchev–Trinajstić information content (AvgIpc) is 3.21. The van der Waals surface area contributed by atoms with Gasteiger partial charge in [0.2, 0.25) is 0 Å². The zero-order valence-corrected chi connectivity index (χ0v) is 19.6. The van der Waals surface area contributed by atoms with Gasteiger partial charge in [0.05, 0.1) is 12.7 Å². The summed E-state index contributed by atoms with van der Waals surface area (Å²) in [6.45, 7) is 2.64. The Morgan fingerprint density at radius 2 is 2.09 bits per heavy atom. The third kappa shape index (κ3) is 6.92. The number of para-hydroxylation sites is 1. The van der Waals surface area contributed by atoms with Crippen LogP contribution in [-0.2, 0) is 18.8 Å². The molecule has 3 rings (SSSR count). The topological polar surface area (TPSA) is 127 Å². The number of nitrogen functional groups attached to an aromatic ring is 1. The highest BCUT2D eigenvalue weighted by Gasteiger charge is 2.49. The van der Waals surface area contributed by atoms with Crippen molar-refractivity contribution in [3.05, 3.63) is 53.1 Å². The van der Waals surface area contributed by atoms with Crippen LogP contribution in [0.2, 0.25) is 0 Å². The fourth-order valence-corrected chi connectivity index (χ4v) is 4.33. The first-order valence-corrected chi connectivity index (χ1v) is 11.8. The van der Waals surface area contributed by atoms with Crippen LogP contribution in [0.1, 0.15) is 32.9 Å². The molecule has 2 heterocycles. The van der Waals surface area contributed by atoms with E-state index in [4.69, 9.17) is 24.3 Å². The number of halogens is 2. The molecule has 0 amide bonds. The van der Waals surface area contributed by atoms with E-state index in [0.29, 0.717) is 5.75 Å². The van der Waals surface area contributed by atoms with Crippen molar-refractivity contribution >= 4 is 20.3 Å². The van der Waals surface area contributed by atoms with E-state index in [1.807, 2.05) is 0 Å². The van der Waals surface area contributed by atoms with E-state index in [1.165, 1.54) is 12.3 Å². The molecule has 1 fully saturated rings. The van der Waals surface area contributed by atoms with E-state index in [0.717, 1.165) is 4.57 Å². The van der Waals surface area contributed by atoms with Crippen LogP contribution in [0.25, 0.3) is 0 Å². The second-order valence-electron chi connectivity index (χ2n) is 7.83. The van der Waals surface area contributed by atoms with Crippen molar-refractivity contribution in [3.63, 3.8) is 0 Å². The number of ether oxygens (including phenoxy) is 2. The molecule has 0 saturated carbocycles. The van der Waals surface area contributed by atoms with Gasteiger partial charge in [-0.1, -0.05) is 18.2 Å². The van der Waals surface area contributed by atoms with Gasteiger partial charge in [0.15, 0.2) is 5.60 Å². The quantitative estimate of drug-likeness (QED) is 0.354. The molecule has 1 aromatic heterocycles. The summed E-state index contributed by atoms with van der Waals surface area (Å²) in [5, 5.41) is 2.78. The fraction of sp³-hybridized carbons (Fsp3) is 0.476. The molecule has 3 unspecified atom stereocenters. The van der Waals surface area contributed by atoms with Crippen LogP contribution in [0.15, 0.2) is 47.4 Å². The Morgan fingerprint density at radius 1 is 1.35 bits per heavy atom. The van der Waals surface area contributed by atoms with Gasteiger partial charge in [0, 0.05) is 6.20 Å². The zero-order valence-electron chi connectivity index (χ0n) is 18.7. The SMILES string of the molecule is CC(C)OC(=O)CNP(OCC1(C(F)F)CCC(n2ccc(N)nc2=O)O1)Oc1ccccc1. The number of carbonyl (C=O) groups is 1. The minimum Gasteiger partial charge on any atom is -0.462 e. The number of nitrogens with one attached hydrogen (secondary N) is 1. The monoisotopic (exact) mass is 500 g/mol. The molecule has 1 aliphatic rings. The Kier molecular flexibility index (Phi) is 8.90. The molecule has 0 aliphatic carbocycles. The van der Waals surface area contributed by atoms with E-state index in [9.17, 15) is 18.4 Å². The number of anilines is 1. The van der Waals surface area contributed by atoms with Gasteiger partial charge in [-0.2, -0.15) is 4.98 Å². The first-order valence-electron chi connectivity index (χ1n) is 10.6. The lowest BCUT2D eigenvalue weighted by atomic mass is 10.0. The standard InChI is InChI=1S/C21H27F2N4O6P/c1-14(2)31-18(28)12-25-34(33-15-6-4-3-5-7-15)30-13-21(19(22)23)10-8-17(32-21)27-11-9-16(24)26-20(27)29/h3-7,9,11,14,17,19,25H,8,10,12-13H2,1-2H3,(H2,24,26,29). The lowest BCUT2D eigenvalue weighted by Gasteiger charge is -2.30. The number of carbonyl (C=O) groups excluding carboxylic acids is 1. The Balaban J connectivity index is 1.70. The first kappa shape index (κ1) is 26.0. The molecule has 0 radical (unpaired) electrons. The molecule has 3 N–H and O–H groups in total. The van der Waals surface area contributed by atoms with E-state index in [2.05, 4.69) is 10.1 Å². The number of nitrogens with zero attached hydrogens (tertiary/aromatic N) is 2. The summed E-state index contributed by atoms with van der Waals surface area (Å²) in [5.74, 6) is -0.0960. The molecular weight excluding hydrogens is 473 g/mol. The van der Waals surface area contributed by atoms with Crippen LogP contribution in [0.4, 0.5) is 14.6 Å². The Hall–Kier alpha value is -2.66. The second-order valence-corrected chi connectivity index (χ2v) is 9.10. The molecule has 3 atom stereocenters. The van der Waals surface area contributed by atoms with Crippen LogP contribution >= 0.6 is 8.53 Å². The van der Waals surface area contributed by atoms with Gasteiger partial charge in [0.25, 0.3) is 6.43 Å². The van der Waals surface area contributed by atoms with Gasteiger partial charge < -0.3 is 24.3 Å². The summed E-state index contributed by atoms with van der Waals surface area (Å²) >= 11 is 0. The lowest BCUT2D eigenvalue weighted by molar-refractivity contribution is -0.165. The van der Waals surface area contributed by atoms with Crippen LogP contribution in [0.5, 0.6) is 5.75 Å². The van der Waals surface area contributed by atoms with Crippen molar-refractivity contribution in [2.24, 2.45) is 0 Å². The molecule has 13 heteroatoms. The molecule has 1 aromatic carbocycles. The van der Waals surface area contributed by atoms with E-state index < -0.39 is 45.0 Å². The third-order valence-corrected chi connectivity index (χ3v) is 5.98. The van der Waals surface area contributed by atoms with Gasteiger partial charge in [0.1, 0.15) is 24.3 Å². The minimum absolute atomic E-state index is 0.0217. The number of hydrogen-bond donors (Lipinski definition) is 2. The van der Waals surface area contributed by atoms with Crippen LogP contribution < -0.4 is 21.0 Å². The smallest absolute Gasteiger partial charge is 0.351 e. The maximum Gasteiger partial charge on any atom is 0.351 e. The number of benzene rings is 1. The second kappa shape index (κ2) is 11.7. The van der Waals surface area contributed by atoms with Gasteiger partial charge in [-0.05, 0) is 44.9 Å². The van der Waals surface area contributed by atoms with Gasteiger partial charge in [-0.25, -0.2) is 18.7 Å². The number of rotatable bonds is 11. The van der Waals surface area contributed by atoms with E-state index in [1.54, 1.807) is 44.2 Å². The van der Waals surface area contributed by atoms with Gasteiger partial charge in [-0.3, -0.25) is 9.36 Å². The minimum atomic E-state index is -2.91. The molecule has 34 heavy (non-hydrogen) atoms. The van der Waals surface area contributed by atoms with Crippen molar-refractivity contribution in [2.45, 2.75) is 51.0 Å². The summed E-state index contributed by atoms with van der Waals surface area (Å²) < 4.78 is 51.5. The number of aromatic nitrogens is 2. The molecular formula is C21H27F2N4O6P. The summed E-state index contributed by atoms with van der Waals surface area (Å²) in [6.07, 6.45) is -2.75. The Morgan fingerprint density at radius 3 is 2.74 bits per heavy atom. The zero-order chi connectivity index (χ0) is 24.7. The molecule has 0 bridgehead atoms. The number of alkyl halides is 2. The van der Waals surface area contributed by atoms with Crippen molar-refractivity contribution < 1.29 is 32.1 Å². The largest absolute Gasteiger partial charge is 0.462 e. The normalized spacial score (nSPS) is 21.1. The molecule has 0 spiro atoms. The summed E-state index contributed by atoms with van der Waals surface area (Å²) in [5.41, 5.74) is 2.81. The molecule has 1 aliphatic heterocycles. The van der Waals surface area contributed by atoms with Gasteiger partial charge in [-0.15, -0.1) is 0 Å². The highest BCUT2D eigenvalue weighted by Crippen LogP contribution is 2.44. The van der Waals surface area contributed by atoms with Crippen molar-refractivity contribution in [2.75, 3.05) is 18.9 Å². The first-order chi connectivity index (χ1) is 16.2. The van der Waals surface area contributed by atoms with Crippen LogP contribution in [0, 0.1) is 0 Å². The summed E-state index contributed by atoms with van der Waals surface area (Å²) in [4.78, 5) is 27.6. The molecule has 10 nitrogen and oxygen atoms in total. The van der Waals surface area contributed by atoms with Crippen molar-refractivity contribution in [1.29, 1.82) is 0 Å². The molecule has 186 valence electrons. The van der Waals surface area contributed by atoms with Crippen LogP contribution in [0.3, 0.4) is 0 Å². The number of nitrogens with two attached hydrogens (primary N) is 1. The summed E-state index contributed by atoms with van der Waals surface area (Å²) in [7, 11) is -2.01. The van der Waals surface area contributed by atoms with Crippen molar-refractivity contribution in [3.8, 4) is 5.75 Å². The highest BCUT2D eigenvalue weighted by molar-refractivity contribution is 7.45. The van der Waals surface area contributed by atoms with E-state index in [-0.39, 0.29) is 31.3 Å². The number of esters is 1. The third-order valence-electron chi connectivity index (χ3n) is 4.82. The summed E-state index contributed by atoms with van der Waals surface area (Å²) in [6, 6.07) is 9.97. The Bertz CT molecular complexity index is 1010. The highest BCUT2D eigenvalue weighted by atomic mass is 31.2. The fourth-order valence-electron chi connectivity index (χ4n) is 3.21. The predicted octanol–water partition coefficient (Wildman–Crippen LogP) is 3.00. The number of hydrogen-bond acceptors (Lipinski definition) is 9. The molecule has 1 saturated heterocycles.